The second-order valence-corrected chi connectivity index (χ2v) is 12.6. The molecule has 0 aromatic heterocycles. The predicted octanol–water partition coefficient (Wildman–Crippen LogP) is -0.451. The zero-order valence-electron chi connectivity index (χ0n) is 25.9. The van der Waals surface area contributed by atoms with Crippen LogP contribution in [0.4, 0.5) is 4.79 Å². The standard InChI is InChI=1S/C33H36N7O7P/c1-2-17-38-22-30(41)39-28(18-23-11-13-27(14-12-23)47-48(44,45)46)32(42)37(20-26-10-6-9-25-15-16-35-36-31(25)26)21-29(39)40(38)33(43)34-19-24-7-4-3-5-8-24/h2-15,28-29,35H,1,16-22H2,(H,34,43)(H2,44,45,46)/p-2/t28-,29-/m0/s1. The lowest BCUT2D eigenvalue weighted by Gasteiger charge is -2.55. The van der Waals surface area contributed by atoms with E-state index in [0.717, 1.165) is 16.3 Å². The largest absolute Gasteiger partial charge is 0.780 e. The van der Waals surface area contributed by atoms with Gasteiger partial charge in [0.2, 0.25) is 11.8 Å². The van der Waals surface area contributed by atoms with Crippen LogP contribution in [0.15, 0.2) is 90.6 Å². The molecule has 2 fully saturated rings. The number of para-hydroxylation sites is 1. The number of fused-ring (bicyclic) bond motifs is 2. The summed E-state index contributed by atoms with van der Waals surface area (Å²) >= 11 is 0. The maximum absolute atomic E-state index is 14.3. The van der Waals surface area contributed by atoms with Gasteiger partial charge in [0.05, 0.1) is 25.0 Å². The number of rotatable bonds is 10. The van der Waals surface area contributed by atoms with Crippen molar-refractivity contribution in [1.82, 2.24) is 30.6 Å². The highest BCUT2D eigenvalue weighted by Crippen LogP contribution is 2.31. The minimum Gasteiger partial charge on any atom is -0.780 e. The molecule has 3 aliphatic rings. The Kier molecular flexibility index (Phi) is 9.60. The third kappa shape index (κ3) is 7.26. The Labute approximate surface area is 276 Å². The molecule has 2 saturated heterocycles. The van der Waals surface area contributed by atoms with Crippen molar-refractivity contribution in [2.75, 3.05) is 26.2 Å². The number of carbonyl (C=O) groups is 3. The number of urea groups is 1. The third-order valence-electron chi connectivity index (χ3n) is 8.35. The topological polar surface area (TPSA) is 173 Å². The molecule has 6 rings (SSSR count). The number of amides is 4. The maximum Gasteiger partial charge on any atom is 0.334 e. The van der Waals surface area contributed by atoms with Gasteiger partial charge in [0, 0.05) is 31.3 Å². The van der Waals surface area contributed by atoms with Crippen LogP contribution in [0.3, 0.4) is 0 Å². The number of hydrogen-bond acceptors (Lipinski definition) is 10. The van der Waals surface area contributed by atoms with Gasteiger partial charge < -0.3 is 39.4 Å². The number of hydrogen-bond donors (Lipinski definition) is 2. The van der Waals surface area contributed by atoms with Crippen molar-refractivity contribution in [3.05, 3.63) is 113 Å². The fourth-order valence-electron chi connectivity index (χ4n) is 6.26. The van der Waals surface area contributed by atoms with Gasteiger partial charge >= 0.3 is 6.03 Å². The number of phosphoric acid groups is 1. The number of nitrogens with one attached hydrogen (secondary N) is 2. The van der Waals surface area contributed by atoms with E-state index in [1.807, 2.05) is 54.6 Å². The molecule has 3 aliphatic heterocycles. The molecule has 4 amide bonds. The van der Waals surface area contributed by atoms with E-state index in [1.165, 1.54) is 34.2 Å². The molecule has 2 N–H and O–H groups in total. The lowest BCUT2D eigenvalue weighted by Crippen LogP contribution is -2.76. The number of piperazine rings is 1. The van der Waals surface area contributed by atoms with Crippen molar-refractivity contribution < 1.29 is 33.3 Å². The molecule has 0 bridgehead atoms. The summed E-state index contributed by atoms with van der Waals surface area (Å²) in [5.74, 6) is -0.827. The molecule has 14 nitrogen and oxygen atoms in total. The van der Waals surface area contributed by atoms with Gasteiger partial charge in [-0.3, -0.25) is 9.59 Å². The zero-order chi connectivity index (χ0) is 33.8. The number of phosphoric ester groups is 1. The van der Waals surface area contributed by atoms with E-state index in [2.05, 4.69) is 26.9 Å². The second kappa shape index (κ2) is 14.0. The van der Waals surface area contributed by atoms with Gasteiger partial charge in [-0.25, -0.2) is 14.8 Å². The molecular formula is C33H34N7O7P-2. The summed E-state index contributed by atoms with van der Waals surface area (Å²) in [6.07, 6.45) is 2.81. The highest BCUT2D eigenvalue weighted by Gasteiger charge is 2.51. The lowest BCUT2D eigenvalue weighted by atomic mass is 9.98. The Morgan fingerprint density at radius 2 is 1.83 bits per heavy atom. The number of carbonyl (C=O) groups excluding carboxylic acids is 3. The van der Waals surface area contributed by atoms with Crippen LogP contribution < -0.4 is 35.6 Å². The first-order valence-corrected chi connectivity index (χ1v) is 16.8. The summed E-state index contributed by atoms with van der Waals surface area (Å²) in [5, 5.41) is 12.2. The molecule has 0 radical (unpaired) electrons. The Morgan fingerprint density at radius 3 is 2.56 bits per heavy atom. The van der Waals surface area contributed by atoms with Crippen LogP contribution >= 0.6 is 7.82 Å². The van der Waals surface area contributed by atoms with Crippen LogP contribution in [0.25, 0.3) is 6.08 Å². The molecule has 3 aromatic rings. The van der Waals surface area contributed by atoms with Gasteiger partial charge in [-0.15, -0.1) is 6.58 Å². The van der Waals surface area contributed by atoms with E-state index >= 15 is 0 Å². The van der Waals surface area contributed by atoms with Crippen LogP contribution in [0.2, 0.25) is 0 Å². The van der Waals surface area contributed by atoms with Crippen LogP contribution in [0.1, 0.15) is 16.7 Å². The number of nitrogens with zero attached hydrogens (tertiary/aromatic N) is 5. The van der Waals surface area contributed by atoms with E-state index in [0.29, 0.717) is 17.5 Å². The van der Waals surface area contributed by atoms with Gasteiger partial charge in [0.25, 0.3) is 0 Å². The molecule has 0 spiro atoms. The molecule has 3 aromatic carbocycles. The van der Waals surface area contributed by atoms with Gasteiger partial charge in [-0.2, -0.15) is 5.10 Å². The average molecular weight is 672 g/mol. The first kappa shape index (κ1) is 32.9. The lowest BCUT2D eigenvalue weighted by molar-refractivity contribution is -0.333. The molecule has 250 valence electrons. The molecule has 15 heteroatoms. The molecule has 0 saturated carbocycles. The van der Waals surface area contributed by atoms with Crippen molar-refractivity contribution >= 4 is 31.7 Å². The fraction of sp³-hybridized carbons (Fsp3) is 0.273. The summed E-state index contributed by atoms with van der Waals surface area (Å²) in [4.78, 5) is 67.4. The summed E-state index contributed by atoms with van der Waals surface area (Å²) in [5.41, 5.74) is 5.25. The zero-order valence-corrected chi connectivity index (χ0v) is 26.8. The van der Waals surface area contributed by atoms with Gasteiger partial charge in [0.15, 0.2) is 0 Å². The van der Waals surface area contributed by atoms with Crippen LogP contribution in [0, 0.1) is 0 Å². The monoisotopic (exact) mass is 671 g/mol. The molecule has 48 heavy (non-hydrogen) atoms. The summed E-state index contributed by atoms with van der Waals surface area (Å²) < 4.78 is 15.5. The molecular weight excluding hydrogens is 637 g/mol. The Balaban J connectivity index is 1.36. The number of hydrazine groups is 1. The Morgan fingerprint density at radius 1 is 1.06 bits per heavy atom. The van der Waals surface area contributed by atoms with Gasteiger partial charge in [-0.1, -0.05) is 72.8 Å². The van der Waals surface area contributed by atoms with Crippen molar-refractivity contribution in [2.45, 2.75) is 31.7 Å². The van der Waals surface area contributed by atoms with Crippen LogP contribution in [-0.2, 0) is 33.7 Å². The molecule has 2 atom stereocenters. The quantitative estimate of drug-likeness (QED) is 0.214. The SMILES string of the molecule is C=CCN1CC(=O)N2[C@@H](Cc3ccc(OP(=O)([O-])[O-])cc3)C(=O)N(Cc3cccc4c3=NNCC=4)C[C@@H]2N1C(=O)NCc1ccccc1. The summed E-state index contributed by atoms with van der Waals surface area (Å²) in [6.45, 7) is 4.91. The van der Waals surface area contributed by atoms with E-state index in [4.69, 9.17) is 0 Å². The molecule has 0 aliphatic carbocycles. The van der Waals surface area contributed by atoms with Crippen molar-refractivity contribution in [3.8, 4) is 5.75 Å². The Hall–Kier alpha value is -5.01. The smallest absolute Gasteiger partial charge is 0.334 e. The Bertz CT molecular complexity index is 1870. The third-order valence-corrected chi connectivity index (χ3v) is 8.78. The highest BCUT2D eigenvalue weighted by atomic mass is 31.2. The minimum atomic E-state index is -5.26. The normalized spacial score (nSPS) is 19.3. The fourth-order valence-corrected chi connectivity index (χ4v) is 6.64. The van der Waals surface area contributed by atoms with E-state index in [9.17, 15) is 28.7 Å². The van der Waals surface area contributed by atoms with E-state index in [1.54, 1.807) is 16.0 Å². The number of benzene rings is 3. The van der Waals surface area contributed by atoms with Crippen molar-refractivity contribution in [3.63, 3.8) is 0 Å². The highest BCUT2D eigenvalue weighted by molar-refractivity contribution is 7.43. The van der Waals surface area contributed by atoms with E-state index < -0.39 is 26.1 Å². The first-order valence-electron chi connectivity index (χ1n) is 15.4. The molecule has 0 unspecified atom stereocenters. The second-order valence-electron chi connectivity index (χ2n) is 11.6. The minimum absolute atomic E-state index is 0.0311. The maximum atomic E-state index is 14.3. The van der Waals surface area contributed by atoms with Crippen molar-refractivity contribution in [2.24, 2.45) is 5.10 Å². The van der Waals surface area contributed by atoms with Crippen LogP contribution in [0.5, 0.6) is 5.75 Å². The van der Waals surface area contributed by atoms with Gasteiger partial charge in [-0.05, 0) is 28.8 Å². The average Bonchev–Trinajstić information content (AvgIpc) is 3.06. The predicted molar refractivity (Wildman–Crippen MR) is 170 cm³/mol. The summed E-state index contributed by atoms with van der Waals surface area (Å²) in [7, 11) is -5.26. The first-order chi connectivity index (χ1) is 23.1. The van der Waals surface area contributed by atoms with Crippen molar-refractivity contribution in [1.29, 1.82) is 0 Å². The van der Waals surface area contributed by atoms with Crippen LogP contribution in [-0.4, -0.2) is 76.0 Å². The molecule has 3 heterocycles. The van der Waals surface area contributed by atoms with Gasteiger partial charge in [0.1, 0.15) is 25.8 Å². The summed E-state index contributed by atoms with van der Waals surface area (Å²) in [6, 6.07) is 19.4. The van der Waals surface area contributed by atoms with E-state index in [-0.39, 0.29) is 56.7 Å².